The van der Waals surface area contributed by atoms with E-state index in [0.29, 0.717) is 18.2 Å². The predicted molar refractivity (Wildman–Crippen MR) is 120 cm³/mol. The van der Waals surface area contributed by atoms with Gasteiger partial charge >= 0.3 is 0 Å². The first-order valence-corrected chi connectivity index (χ1v) is 10.9. The molecule has 1 N–H and O–H groups in total. The van der Waals surface area contributed by atoms with Crippen LogP contribution in [0, 0.1) is 6.92 Å². The topological polar surface area (TPSA) is 67.2 Å². The summed E-state index contributed by atoms with van der Waals surface area (Å²) in [7, 11) is 0. The summed E-state index contributed by atoms with van der Waals surface area (Å²) in [6.45, 7) is 3.25. The van der Waals surface area contributed by atoms with Crippen LogP contribution in [0.25, 0.3) is 0 Å². The van der Waals surface area contributed by atoms with Gasteiger partial charge in [0.05, 0.1) is 6.04 Å². The number of fused-ring (bicyclic) bond motifs is 2. The van der Waals surface area contributed by atoms with Crippen LogP contribution in [0.2, 0.25) is 0 Å². The van der Waals surface area contributed by atoms with Gasteiger partial charge in [0.2, 0.25) is 11.9 Å². The first kappa shape index (κ1) is 19.5. The number of nitrogens with one attached hydrogen (secondary N) is 1. The van der Waals surface area contributed by atoms with Gasteiger partial charge in [0.1, 0.15) is 6.54 Å². The lowest BCUT2D eigenvalue weighted by Crippen LogP contribution is -2.40. The molecule has 0 fully saturated rings. The van der Waals surface area contributed by atoms with E-state index in [-0.39, 0.29) is 24.1 Å². The Bertz CT molecular complexity index is 1200. The van der Waals surface area contributed by atoms with Crippen molar-refractivity contribution < 1.29 is 4.79 Å². The molecule has 2 aliphatic rings. The van der Waals surface area contributed by atoms with Gasteiger partial charge in [-0.15, -0.1) is 0 Å². The third kappa shape index (κ3) is 3.85. The maximum Gasteiger partial charge on any atom is 0.255 e. The molecule has 1 aromatic heterocycles. The van der Waals surface area contributed by atoms with Gasteiger partial charge in [-0.25, -0.2) is 4.98 Å². The first-order chi connectivity index (χ1) is 15.1. The van der Waals surface area contributed by atoms with Crippen LogP contribution < -0.4 is 15.8 Å². The van der Waals surface area contributed by atoms with Crippen LogP contribution in [0.15, 0.2) is 59.4 Å². The van der Waals surface area contributed by atoms with Gasteiger partial charge in [-0.1, -0.05) is 48.5 Å². The second kappa shape index (κ2) is 8.02. The molecule has 0 saturated heterocycles. The van der Waals surface area contributed by atoms with E-state index < -0.39 is 0 Å². The highest BCUT2D eigenvalue weighted by molar-refractivity contribution is 5.77. The predicted octanol–water partition coefficient (Wildman–Crippen LogP) is 2.92. The number of anilines is 1. The fourth-order valence-corrected chi connectivity index (χ4v) is 4.75. The molecule has 0 radical (unpaired) electrons. The van der Waals surface area contributed by atoms with Gasteiger partial charge in [0.15, 0.2) is 0 Å². The number of benzene rings is 2. The molecule has 0 saturated carbocycles. The van der Waals surface area contributed by atoms with E-state index in [2.05, 4.69) is 45.5 Å². The van der Waals surface area contributed by atoms with Crippen LogP contribution in [-0.4, -0.2) is 22.0 Å². The van der Waals surface area contributed by atoms with Crippen molar-refractivity contribution in [3.05, 3.63) is 92.9 Å². The highest BCUT2D eigenvalue weighted by atomic mass is 16.2. The lowest BCUT2D eigenvalue weighted by atomic mass is 10.0. The van der Waals surface area contributed by atoms with Crippen LogP contribution in [0.3, 0.4) is 0 Å². The smallest absolute Gasteiger partial charge is 0.255 e. The number of nitrogens with zero attached hydrogens (tertiary/aromatic N) is 3. The van der Waals surface area contributed by atoms with Crippen molar-refractivity contribution in [2.75, 3.05) is 11.4 Å². The van der Waals surface area contributed by atoms with Crippen LogP contribution in [-0.2, 0) is 30.7 Å². The molecule has 1 atom stereocenters. The monoisotopic (exact) mass is 414 g/mol. The standard InChI is InChI=1S/C25H26N4O2/c1-17-14-24(31)29(16-23(30)27-22-11-10-19-7-4-5-9-21(19)22)25(26-17)28-13-12-18-6-2-3-8-20(18)15-28/h2-9,14,22H,10-13,15-16H2,1H3,(H,27,30)/t22-/m1/s1. The molecule has 158 valence electrons. The van der Waals surface area contributed by atoms with Crippen molar-refractivity contribution in [3.8, 4) is 0 Å². The molecule has 1 aliphatic heterocycles. The number of carbonyl (C=O) groups is 1. The minimum absolute atomic E-state index is 0.00289. The van der Waals surface area contributed by atoms with Crippen LogP contribution in [0.5, 0.6) is 0 Å². The fourth-order valence-electron chi connectivity index (χ4n) is 4.75. The van der Waals surface area contributed by atoms with Gasteiger partial charge in [-0.3, -0.25) is 14.2 Å². The Morgan fingerprint density at radius 3 is 2.65 bits per heavy atom. The second-order valence-electron chi connectivity index (χ2n) is 8.42. The number of aromatic nitrogens is 2. The lowest BCUT2D eigenvalue weighted by Gasteiger charge is -2.31. The quantitative estimate of drug-likeness (QED) is 0.713. The molecule has 5 rings (SSSR count). The summed E-state index contributed by atoms with van der Waals surface area (Å²) >= 11 is 0. The van der Waals surface area contributed by atoms with Crippen LogP contribution in [0.1, 0.15) is 40.4 Å². The molecule has 0 spiro atoms. The van der Waals surface area contributed by atoms with E-state index in [1.807, 2.05) is 25.1 Å². The van der Waals surface area contributed by atoms with Crippen molar-refractivity contribution >= 4 is 11.9 Å². The van der Waals surface area contributed by atoms with Crippen molar-refractivity contribution in [1.82, 2.24) is 14.9 Å². The van der Waals surface area contributed by atoms with Crippen LogP contribution >= 0.6 is 0 Å². The highest BCUT2D eigenvalue weighted by Gasteiger charge is 2.25. The molecule has 1 aliphatic carbocycles. The molecule has 2 aromatic carbocycles. The molecule has 6 nitrogen and oxygen atoms in total. The maximum atomic E-state index is 12.9. The maximum absolute atomic E-state index is 12.9. The zero-order valence-corrected chi connectivity index (χ0v) is 17.7. The van der Waals surface area contributed by atoms with Crippen LogP contribution in [0.4, 0.5) is 5.95 Å². The van der Waals surface area contributed by atoms with E-state index in [1.54, 1.807) is 0 Å². The van der Waals surface area contributed by atoms with Gasteiger partial charge in [0.25, 0.3) is 5.56 Å². The molecule has 0 unspecified atom stereocenters. The molecule has 2 heterocycles. The highest BCUT2D eigenvalue weighted by Crippen LogP contribution is 2.30. The summed E-state index contributed by atoms with van der Waals surface area (Å²) in [5.74, 6) is 0.412. The Balaban J connectivity index is 1.39. The van der Waals surface area contributed by atoms with Crippen molar-refractivity contribution in [2.24, 2.45) is 0 Å². The minimum atomic E-state index is -0.191. The molecule has 1 amide bonds. The van der Waals surface area contributed by atoms with E-state index in [1.165, 1.54) is 32.9 Å². The molecular formula is C25H26N4O2. The zero-order chi connectivity index (χ0) is 21.4. The fraction of sp³-hybridized carbons (Fsp3) is 0.320. The number of aryl methyl sites for hydroxylation is 2. The number of rotatable bonds is 4. The van der Waals surface area contributed by atoms with Gasteiger partial charge in [-0.05, 0) is 48.4 Å². The Labute approximate surface area is 181 Å². The number of hydrogen-bond donors (Lipinski definition) is 1. The number of carbonyl (C=O) groups excluding carboxylic acids is 1. The van der Waals surface area contributed by atoms with E-state index >= 15 is 0 Å². The third-order valence-corrected chi connectivity index (χ3v) is 6.30. The largest absolute Gasteiger partial charge is 0.348 e. The number of hydrogen-bond acceptors (Lipinski definition) is 4. The Kier molecular flexibility index (Phi) is 5.06. The summed E-state index contributed by atoms with van der Waals surface area (Å²) < 4.78 is 1.51. The second-order valence-corrected chi connectivity index (χ2v) is 8.42. The summed E-state index contributed by atoms with van der Waals surface area (Å²) in [5.41, 5.74) is 5.51. The number of amides is 1. The Hall–Kier alpha value is -3.41. The van der Waals surface area contributed by atoms with Crippen molar-refractivity contribution in [3.63, 3.8) is 0 Å². The first-order valence-electron chi connectivity index (χ1n) is 10.9. The molecule has 6 heteroatoms. The van der Waals surface area contributed by atoms with Gasteiger partial charge in [0, 0.05) is 24.8 Å². The zero-order valence-electron chi connectivity index (χ0n) is 17.7. The molecular weight excluding hydrogens is 388 g/mol. The van der Waals surface area contributed by atoms with Gasteiger partial charge in [-0.2, -0.15) is 0 Å². The summed E-state index contributed by atoms with van der Waals surface area (Å²) in [6, 6.07) is 18.1. The van der Waals surface area contributed by atoms with Gasteiger partial charge < -0.3 is 10.2 Å². The molecule has 0 bridgehead atoms. The van der Waals surface area contributed by atoms with Crippen molar-refractivity contribution in [2.45, 2.75) is 45.3 Å². The van der Waals surface area contributed by atoms with E-state index in [9.17, 15) is 9.59 Å². The summed E-state index contributed by atoms with van der Waals surface area (Å²) in [6.07, 6.45) is 2.75. The molecule has 3 aromatic rings. The Morgan fingerprint density at radius 1 is 1.06 bits per heavy atom. The average Bonchev–Trinajstić information content (AvgIpc) is 3.18. The molecule has 31 heavy (non-hydrogen) atoms. The van der Waals surface area contributed by atoms with E-state index in [4.69, 9.17) is 0 Å². The Morgan fingerprint density at radius 2 is 1.81 bits per heavy atom. The lowest BCUT2D eigenvalue weighted by molar-refractivity contribution is -0.122. The van der Waals surface area contributed by atoms with E-state index in [0.717, 1.165) is 25.8 Å². The SMILES string of the molecule is Cc1cc(=O)n(CC(=O)N[C@@H]2CCc3ccccc32)c(N2CCc3ccccc3C2)n1. The van der Waals surface area contributed by atoms with Crippen molar-refractivity contribution in [1.29, 1.82) is 0 Å². The third-order valence-electron chi connectivity index (χ3n) is 6.30. The minimum Gasteiger partial charge on any atom is -0.348 e. The average molecular weight is 415 g/mol. The summed E-state index contributed by atoms with van der Waals surface area (Å²) in [5, 5.41) is 3.13. The normalized spacial score (nSPS) is 17.2. The summed E-state index contributed by atoms with van der Waals surface area (Å²) in [4.78, 5) is 32.5.